The molecule has 2 N–H and O–H groups in total. The highest BCUT2D eigenvalue weighted by Gasteiger charge is 2.09. The van der Waals surface area contributed by atoms with Crippen LogP contribution in [0.2, 0.25) is 0 Å². The van der Waals surface area contributed by atoms with E-state index in [-0.39, 0.29) is 12.1 Å². The molecule has 0 saturated carbocycles. The summed E-state index contributed by atoms with van der Waals surface area (Å²) < 4.78 is 5.13. The molecule has 0 aliphatic heterocycles. The van der Waals surface area contributed by atoms with E-state index in [4.69, 9.17) is 4.74 Å². The van der Waals surface area contributed by atoms with E-state index < -0.39 is 0 Å². The number of nitrogens with zero attached hydrogens (tertiary/aromatic N) is 1. The van der Waals surface area contributed by atoms with Crippen LogP contribution in [-0.4, -0.2) is 27.2 Å². The molecule has 5 nitrogen and oxygen atoms in total. The topological polar surface area (TPSA) is 53.6 Å². The Labute approximate surface area is 137 Å². The van der Waals surface area contributed by atoms with E-state index in [0.29, 0.717) is 0 Å². The highest BCUT2D eigenvalue weighted by molar-refractivity contribution is 5.89. The Hall–Kier alpha value is -2.69. The number of hydrogen-bond donors (Lipinski definition) is 2. The fraction of sp³-hybridized carbons (Fsp3) is 0.278. The molecule has 0 aliphatic rings. The van der Waals surface area contributed by atoms with Crippen molar-refractivity contribution in [3.8, 4) is 5.75 Å². The maximum Gasteiger partial charge on any atom is 0.319 e. The smallest absolute Gasteiger partial charge is 0.319 e. The van der Waals surface area contributed by atoms with Gasteiger partial charge in [-0.25, -0.2) is 4.79 Å². The van der Waals surface area contributed by atoms with E-state index in [0.717, 1.165) is 22.7 Å². The van der Waals surface area contributed by atoms with Crippen LogP contribution in [0, 0.1) is 0 Å². The first-order valence-electron chi connectivity index (χ1n) is 7.48. The van der Waals surface area contributed by atoms with Crippen LogP contribution in [0.1, 0.15) is 18.5 Å². The van der Waals surface area contributed by atoms with Crippen LogP contribution < -0.4 is 20.3 Å². The number of carbonyl (C=O) groups excluding carboxylic acids is 1. The molecular weight excluding hydrogens is 290 g/mol. The molecule has 122 valence electrons. The first-order chi connectivity index (χ1) is 11.0. The number of methoxy groups -OCH3 is 1. The molecule has 0 aliphatic carbocycles. The zero-order chi connectivity index (χ0) is 16.8. The largest absolute Gasteiger partial charge is 0.497 e. The molecule has 1 atom stereocenters. The lowest BCUT2D eigenvalue weighted by atomic mass is 10.1. The Morgan fingerprint density at radius 1 is 1.04 bits per heavy atom. The molecule has 0 radical (unpaired) electrons. The molecule has 0 fully saturated rings. The number of rotatable bonds is 5. The van der Waals surface area contributed by atoms with Crippen LogP contribution in [-0.2, 0) is 0 Å². The summed E-state index contributed by atoms with van der Waals surface area (Å²) in [7, 11) is 5.59. The maximum atomic E-state index is 12.1. The minimum atomic E-state index is -0.231. The summed E-state index contributed by atoms with van der Waals surface area (Å²) in [6.45, 7) is 1.94. The van der Waals surface area contributed by atoms with Crippen molar-refractivity contribution >= 4 is 17.4 Å². The molecule has 2 amide bonds. The number of ether oxygens (including phenoxy) is 1. The highest BCUT2D eigenvalue weighted by atomic mass is 16.5. The maximum absolute atomic E-state index is 12.1. The van der Waals surface area contributed by atoms with Gasteiger partial charge in [0.1, 0.15) is 5.75 Å². The third-order valence-electron chi connectivity index (χ3n) is 3.60. The number of amides is 2. The van der Waals surface area contributed by atoms with Crippen LogP contribution in [0.4, 0.5) is 16.2 Å². The summed E-state index contributed by atoms with van der Waals surface area (Å²) >= 11 is 0. The van der Waals surface area contributed by atoms with Gasteiger partial charge in [-0.3, -0.25) is 0 Å². The Balaban J connectivity index is 1.92. The average molecular weight is 313 g/mol. The molecule has 2 aromatic rings. The lowest BCUT2D eigenvalue weighted by Gasteiger charge is -2.16. The van der Waals surface area contributed by atoms with E-state index in [1.165, 1.54) is 0 Å². The SMILES string of the molecule is COc1ccc(C(C)NC(=O)Nc2ccc(N(C)C)cc2)cc1. The van der Waals surface area contributed by atoms with Crippen LogP contribution in [0.25, 0.3) is 0 Å². The number of nitrogens with one attached hydrogen (secondary N) is 2. The summed E-state index contributed by atoms with van der Waals surface area (Å²) in [5.74, 6) is 0.798. The van der Waals surface area contributed by atoms with Gasteiger partial charge < -0.3 is 20.3 Å². The second-order valence-corrected chi connectivity index (χ2v) is 5.53. The minimum absolute atomic E-state index is 0.0954. The molecule has 23 heavy (non-hydrogen) atoms. The van der Waals surface area contributed by atoms with Gasteiger partial charge in [0.05, 0.1) is 13.2 Å². The third-order valence-corrected chi connectivity index (χ3v) is 3.60. The van der Waals surface area contributed by atoms with Crippen molar-refractivity contribution in [1.82, 2.24) is 5.32 Å². The predicted molar refractivity (Wildman–Crippen MR) is 94.3 cm³/mol. The van der Waals surface area contributed by atoms with Gasteiger partial charge in [-0.1, -0.05) is 12.1 Å². The van der Waals surface area contributed by atoms with Crippen molar-refractivity contribution in [2.75, 3.05) is 31.4 Å². The lowest BCUT2D eigenvalue weighted by Crippen LogP contribution is -2.31. The van der Waals surface area contributed by atoms with Crippen molar-refractivity contribution < 1.29 is 9.53 Å². The fourth-order valence-electron chi connectivity index (χ4n) is 2.18. The number of hydrogen-bond acceptors (Lipinski definition) is 3. The van der Waals surface area contributed by atoms with E-state index in [9.17, 15) is 4.79 Å². The van der Waals surface area contributed by atoms with Gasteiger partial charge >= 0.3 is 6.03 Å². The first kappa shape index (κ1) is 16.7. The molecule has 5 heteroatoms. The van der Waals surface area contributed by atoms with Crippen LogP contribution in [0.3, 0.4) is 0 Å². The normalized spacial score (nSPS) is 11.5. The van der Waals surface area contributed by atoms with Crippen LogP contribution in [0.15, 0.2) is 48.5 Å². The van der Waals surface area contributed by atoms with Crippen molar-refractivity contribution in [1.29, 1.82) is 0 Å². The van der Waals surface area contributed by atoms with E-state index >= 15 is 0 Å². The van der Waals surface area contributed by atoms with E-state index in [1.54, 1.807) is 7.11 Å². The summed E-state index contributed by atoms with van der Waals surface area (Å²) in [4.78, 5) is 14.1. The zero-order valence-electron chi connectivity index (χ0n) is 14.0. The third kappa shape index (κ3) is 4.64. The number of urea groups is 1. The average Bonchev–Trinajstić information content (AvgIpc) is 2.55. The molecule has 2 rings (SSSR count). The Morgan fingerprint density at radius 3 is 2.17 bits per heavy atom. The molecule has 0 aromatic heterocycles. The van der Waals surface area contributed by atoms with Gasteiger partial charge in [-0.2, -0.15) is 0 Å². The van der Waals surface area contributed by atoms with Crippen molar-refractivity contribution in [3.63, 3.8) is 0 Å². The van der Waals surface area contributed by atoms with E-state index in [1.807, 2.05) is 74.4 Å². The molecule has 0 spiro atoms. The van der Waals surface area contributed by atoms with Crippen LogP contribution >= 0.6 is 0 Å². The van der Waals surface area contributed by atoms with E-state index in [2.05, 4.69) is 10.6 Å². The van der Waals surface area contributed by atoms with Crippen LogP contribution in [0.5, 0.6) is 5.75 Å². The highest BCUT2D eigenvalue weighted by Crippen LogP contribution is 2.18. The van der Waals surface area contributed by atoms with Gasteiger partial charge in [0.15, 0.2) is 0 Å². The Kier molecular flexibility index (Phi) is 5.46. The Bertz CT molecular complexity index is 636. The summed E-state index contributed by atoms with van der Waals surface area (Å²) in [5.41, 5.74) is 2.86. The zero-order valence-corrected chi connectivity index (χ0v) is 14.0. The van der Waals surface area contributed by atoms with Crippen molar-refractivity contribution in [2.45, 2.75) is 13.0 Å². The molecular formula is C18H23N3O2. The van der Waals surface area contributed by atoms with Gasteiger partial charge in [0, 0.05) is 25.5 Å². The van der Waals surface area contributed by atoms with Crippen molar-refractivity contribution in [2.24, 2.45) is 0 Å². The first-order valence-corrected chi connectivity index (χ1v) is 7.48. The quantitative estimate of drug-likeness (QED) is 0.886. The lowest BCUT2D eigenvalue weighted by molar-refractivity contribution is 0.249. The monoisotopic (exact) mass is 313 g/mol. The molecule has 0 heterocycles. The second-order valence-electron chi connectivity index (χ2n) is 5.53. The number of carbonyl (C=O) groups is 1. The van der Waals surface area contributed by atoms with Gasteiger partial charge in [0.25, 0.3) is 0 Å². The molecule has 1 unspecified atom stereocenters. The molecule has 2 aromatic carbocycles. The number of benzene rings is 2. The number of anilines is 2. The van der Waals surface area contributed by atoms with Gasteiger partial charge in [0.2, 0.25) is 0 Å². The second kappa shape index (κ2) is 7.54. The molecule has 0 bridgehead atoms. The summed E-state index contributed by atoms with van der Waals surface area (Å²) in [5, 5.41) is 5.76. The standard InChI is InChI=1S/C18H23N3O2/c1-13(14-5-11-17(23-4)12-6-14)19-18(22)20-15-7-9-16(10-8-15)21(2)3/h5-13H,1-4H3,(H2,19,20,22). The van der Waals surface area contributed by atoms with Crippen molar-refractivity contribution in [3.05, 3.63) is 54.1 Å². The van der Waals surface area contributed by atoms with Gasteiger partial charge in [-0.15, -0.1) is 0 Å². The summed E-state index contributed by atoms with van der Waals surface area (Å²) in [6.07, 6.45) is 0. The van der Waals surface area contributed by atoms with Gasteiger partial charge in [-0.05, 0) is 48.9 Å². The summed E-state index contributed by atoms with van der Waals surface area (Å²) in [6, 6.07) is 15.0. The minimum Gasteiger partial charge on any atom is -0.497 e. The molecule has 0 saturated heterocycles. The predicted octanol–water partition coefficient (Wildman–Crippen LogP) is 3.64. The Morgan fingerprint density at radius 2 is 1.65 bits per heavy atom. The fourth-order valence-corrected chi connectivity index (χ4v) is 2.18.